The normalized spacial score (nSPS) is 11.7. The highest BCUT2D eigenvalue weighted by Gasteiger charge is 2.16. The molecule has 6 heteroatoms. The fourth-order valence-corrected chi connectivity index (χ4v) is 2.88. The van der Waals surface area contributed by atoms with Gasteiger partial charge in [0.1, 0.15) is 18.2 Å². The van der Waals surface area contributed by atoms with Gasteiger partial charge in [0.05, 0.1) is 17.7 Å². The average molecular weight is 409 g/mol. The first-order valence-electron chi connectivity index (χ1n) is 9.00. The summed E-state index contributed by atoms with van der Waals surface area (Å²) in [6.07, 6.45) is 6.68. The molecular formula is C23H21ClN2O3. The minimum atomic E-state index is -0.481. The standard InChI is InChI=1S/C23H21ClN2O3/c1-4-11-29-22-20(24)13-17(14-21(22)28-5-2)12-19(15-25)23(27)26-16(3)18-9-7-6-8-10-18/h1,6-10,12-14,16H,5,11H2,2-3H3,(H,26,27)/b19-12+/t16-/m0/s1. The summed E-state index contributed by atoms with van der Waals surface area (Å²) in [6, 6.07) is 14.4. The van der Waals surface area contributed by atoms with Crippen LogP contribution < -0.4 is 14.8 Å². The van der Waals surface area contributed by atoms with Gasteiger partial charge in [-0.25, -0.2) is 0 Å². The molecule has 0 spiro atoms. The number of terminal acetylenes is 1. The van der Waals surface area contributed by atoms with Crippen molar-refractivity contribution < 1.29 is 14.3 Å². The van der Waals surface area contributed by atoms with Gasteiger partial charge in [0, 0.05) is 0 Å². The van der Waals surface area contributed by atoms with Crippen LogP contribution in [0.15, 0.2) is 48.0 Å². The second-order valence-electron chi connectivity index (χ2n) is 6.03. The minimum absolute atomic E-state index is 0.0399. The van der Waals surface area contributed by atoms with Crippen molar-refractivity contribution in [3.8, 4) is 29.9 Å². The number of carbonyl (C=O) groups excluding carboxylic acids is 1. The van der Waals surface area contributed by atoms with Gasteiger partial charge >= 0.3 is 0 Å². The SMILES string of the molecule is C#CCOc1c(Cl)cc(/C=C(\C#N)C(=O)N[C@@H](C)c2ccccc2)cc1OCC. The Labute approximate surface area is 175 Å². The summed E-state index contributed by atoms with van der Waals surface area (Å²) in [5.74, 6) is 2.60. The van der Waals surface area contributed by atoms with Gasteiger partial charge in [0.2, 0.25) is 0 Å². The summed E-state index contributed by atoms with van der Waals surface area (Å²) < 4.78 is 11.0. The number of rotatable bonds is 8. The highest BCUT2D eigenvalue weighted by Crippen LogP contribution is 2.37. The number of hydrogen-bond acceptors (Lipinski definition) is 4. The molecule has 0 fully saturated rings. The number of nitrogens with one attached hydrogen (secondary N) is 1. The van der Waals surface area contributed by atoms with Crippen molar-refractivity contribution in [2.24, 2.45) is 0 Å². The van der Waals surface area contributed by atoms with E-state index in [1.54, 1.807) is 12.1 Å². The van der Waals surface area contributed by atoms with Gasteiger partial charge in [-0.3, -0.25) is 4.79 Å². The number of hydrogen-bond donors (Lipinski definition) is 1. The van der Waals surface area contributed by atoms with Crippen molar-refractivity contribution >= 4 is 23.6 Å². The monoisotopic (exact) mass is 408 g/mol. The van der Waals surface area contributed by atoms with Gasteiger partial charge in [-0.05, 0) is 43.2 Å². The fraction of sp³-hybridized carbons (Fsp3) is 0.217. The van der Waals surface area contributed by atoms with E-state index in [9.17, 15) is 10.1 Å². The molecule has 2 aromatic carbocycles. The maximum absolute atomic E-state index is 12.6. The first-order chi connectivity index (χ1) is 14.0. The van der Waals surface area contributed by atoms with Crippen molar-refractivity contribution in [3.05, 3.63) is 64.2 Å². The van der Waals surface area contributed by atoms with E-state index in [0.717, 1.165) is 5.56 Å². The molecule has 0 aliphatic carbocycles. The first kappa shape index (κ1) is 21.9. The zero-order valence-corrected chi connectivity index (χ0v) is 17.0. The molecule has 1 atom stereocenters. The van der Waals surface area contributed by atoms with E-state index in [-0.39, 0.29) is 23.2 Å². The molecule has 0 aliphatic heterocycles. The molecule has 5 nitrogen and oxygen atoms in total. The van der Waals surface area contributed by atoms with E-state index in [0.29, 0.717) is 23.7 Å². The van der Waals surface area contributed by atoms with Crippen LogP contribution in [0.3, 0.4) is 0 Å². The Kier molecular flexibility index (Phi) is 8.15. The molecule has 0 aliphatic rings. The summed E-state index contributed by atoms with van der Waals surface area (Å²) in [7, 11) is 0. The van der Waals surface area contributed by atoms with Gasteiger partial charge in [-0.2, -0.15) is 5.26 Å². The van der Waals surface area contributed by atoms with Crippen molar-refractivity contribution in [2.75, 3.05) is 13.2 Å². The number of benzene rings is 2. The van der Waals surface area contributed by atoms with Crippen LogP contribution in [0, 0.1) is 23.7 Å². The topological polar surface area (TPSA) is 71.3 Å². The van der Waals surface area contributed by atoms with Crippen LogP contribution >= 0.6 is 11.6 Å². The van der Waals surface area contributed by atoms with E-state index < -0.39 is 5.91 Å². The number of carbonyl (C=O) groups is 1. The molecule has 0 unspecified atom stereocenters. The highest BCUT2D eigenvalue weighted by atomic mass is 35.5. The summed E-state index contributed by atoms with van der Waals surface area (Å²) >= 11 is 6.29. The molecular weight excluding hydrogens is 388 g/mol. The Hall–Kier alpha value is -3.41. The fourth-order valence-electron chi connectivity index (χ4n) is 2.60. The van der Waals surface area contributed by atoms with Crippen molar-refractivity contribution in [3.63, 3.8) is 0 Å². The second-order valence-corrected chi connectivity index (χ2v) is 6.44. The van der Waals surface area contributed by atoms with Crippen molar-refractivity contribution in [2.45, 2.75) is 19.9 Å². The Bertz CT molecular complexity index is 972. The van der Waals surface area contributed by atoms with Crippen LogP contribution in [0.2, 0.25) is 5.02 Å². The first-order valence-corrected chi connectivity index (χ1v) is 9.38. The van der Waals surface area contributed by atoms with Gasteiger partial charge in [0.25, 0.3) is 5.91 Å². The van der Waals surface area contributed by atoms with E-state index in [2.05, 4.69) is 11.2 Å². The van der Waals surface area contributed by atoms with Crippen LogP contribution in [0.1, 0.15) is 31.0 Å². The number of ether oxygens (including phenoxy) is 2. The zero-order valence-electron chi connectivity index (χ0n) is 16.2. The Morgan fingerprint density at radius 1 is 1.31 bits per heavy atom. The van der Waals surface area contributed by atoms with E-state index in [1.165, 1.54) is 6.08 Å². The van der Waals surface area contributed by atoms with Crippen LogP contribution in [-0.4, -0.2) is 19.1 Å². The molecule has 0 radical (unpaired) electrons. The predicted molar refractivity (Wildman–Crippen MR) is 114 cm³/mol. The quantitative estimate of drug-likeness (QED) is 0.395. The molecule has 0 bridgehead atoms. The molecule has 1 N–H and O–H groups in total. The lowest BCUT2D eigenvalue weighted by atomic mass is 10.1. The number of nitriles is 1. The predicted octanol–water partition coefficient (Wildman–Crippen LogP) is 4.54. The third-order valence-corrected chi connectivity index (χ3v) is 4.24. The van der Waals surface area contributed by atoms with Crippen molar-refractivity contribution in [1.29, 1.82) is 5.26 Å². The summed E-state index contributed by atoms with van der Waals surface area (Å²) in [4.78, 5) is 12.6. The lowest BCUT2D eigenvalue weighted by Gasteiger charge is -2.14. The van der Waals surface area contributed by atoms with Gasteiger partial charge in [-0.1, -0.05) is 47.9 Å². The number of nitrogens with zero attached hydrogens (tertiary/aromatic N) is 1. The van der Waals surface area contributed by atoms with E-state index in [1.807, 2.05) is 50.2 Å². The van der Waals surface area contributed by atoms with Crippen LogP contribution in [0.4, 0.5) is 0 Å². The lowest BCUT2D eigenvalue weighted by molar-refractivity contribution is -0.117. The highest BCUT2D eigenvalue weighted by molar-refractivity contribution is 6.32. The Balaban J connectivity index is 2.28. The molecule has 1 amide bonds. The second kappa shape index (κ2) is 10.8. The van der Waals surface area contributed by atoms with Crippen LogP contribution in [0.25, 0.3) is 6.08 Å². The smallest absolute Gasteiger partial charge is 0.262 e. The largest absolute Gasteiger partial charge is 0.490 e. The van der Waals surface area contributed by atoms with Crippen LogP contribution in [-0.2, 0) is 4.79 Å². The maximum Gasteiger partial charge on any atom is 0.262 e. The Morgan fingerprint density at radius 2 is 2.03 bits per heavy atom. The molecule has 2 rings (SSSR count). The van der Waals surface area contributed by atoms with E-state index >= 15 is 0 Å². The molecule has 0 aromatic heterocycles. The van der Waals surface area contributed by atoms with Crippen LogP contribution in [0.5, 0.6) is 11.5 Å². The molecule has 29 heavy (non-hydrogen) atoms. The number of halogens is 1. The average Bonchev–Trinajstić information content (AvgIpc) is 2.72. The lowest BCUT2D eigenvalue weighted by Crippen LogP contribution is -2.27. The number of amides is 1. The Morgan fingerprint density at radius 3 is 2.66 bits per heavy atom. The molecule has 0 saturated heterocycles. The van der Waals surface area contributed by atoms with Gasteiger partial charge in [0.15, 0.2) is 11.5 Å². The molecule has 148 valence electrons. The molecule has 0 heterocycles. The third-order valence-electron chi connectivity index (χ3n) is 3.95. The summed E-state index contributed by atoms with van der Waals surface area (Å²) in [6.45, 7) is 4.10. The van der Waals surface area contributed by atoms with Crippen molar-refractivity contribution in [1.82, 2.24) is 5.32 Å². The molecule has 2 aromatic rings. The van der Waals surface area contributed by atoms with Gasteiger partial charge in [-0.15, -0.1) is 6.42 Å². The summed E-state index contributed by atoms with van der Waals surface area (Å²) in [5.41, 5.74) is 1.42. The van der Waals surface area contributed by atoms with Gasteiger partial charge < -0.3 is 14.8 Å². The minimum Gasteiger partial charge on any atom is -0.490 e. The maximum atomic E-state index is 12.6. The molecule has 0 saturated carbocycles. The third kappa shape index (κ3) is 6.04. The summed E-state index contributed by atoms with van der Waals surface area (Å²) in [5, 5.41) is 12.6. The zero-order chi connectivity index (χ0) is 21.2. The van der Waals surface area contributed by atoms with E-state index in [4.69, 9.17) is 27.5 Å².